The molecule has 20 heavy (non-hydrogen) atoms. The van der Waals surface area contributed by atoms with Crippen LogP contribution in [-0.2, 0) is 5.54 Å². The molecule has 0 atom stereocenters. The summed E-state index contributed by atoms with van der Waals surface area (Å²) >= 11 is 0. The van der Waals surface area contributed by atoms with Gasteiger partial charge in [0.05, 0.1) is 5.54 Å². The zero-order chi connectivity index (χ0) is 13.8. The quantitative estimate of drug-likeness (QED) is 0.809. The van der Waals surface area contributed by atoms with Gasteiger partial charge in [0.2, 0.25) is 0 Å². The molecular formula is C17H24N2O. The van der Waals surface area contributed by atoms with Crippen LogP contribution < -0.4 is 10.6 Å². The highest BCUT2D eigenvalue weighted by Crippen LogP contribution is 2.45. The van der Waals surface area contributed by atoms with Gasteiger partial charge in [0.25, 0.3) is 0 Å². The molecule has 0 aliphatic heterocycles. The predicted molar refractivity (Wildman–Crippen MR) is 80.5 cm³/mol. The predicted octanol–water partition coefficient (Wildman–Crippen LogP) is 3.70. The van der Waals surface area contributed by atoms with Gasteiger partial charge in [-0.25, -0.2) is 4.79 Å². The Bertz CT molecular complexity index is 445. The summed E-state index contributed by atoms with van der Waals surface area (Å²) in [7, 11) is 0. The molecule has 0 aromatic heterocycles. The van der Waals surface area contributed by atoms with Crippen LogP contribution in [0.25, 0.3) is 0 Å². The van der Waals surface area contributed by atoms with Crippen molar-refractivity contribution in [1.29, 1.82) is 0 Å². The number of hydrogen-bond donors (Lipinski definition) is 2. The van der Waals surface area contributed by atoms with Gasteiger partial charge < -0.3 is 10.6 Å². The summed E-state index contributed by atoms with van der Waals surface area (Å²) in [4.78, 5) is 12.2. The fraction of sp³-hybridized carbons (Fsp3) is 0.588. The van der Waals surface area contributed by atoms with Gasteiger partial charge in [-0.1, -0.05) is 56.0 Å². The summed E-state index contributed by atoms with van der Waals surface area (Å²) < 4.78 is 0. The first-order valence-corrected chi connectivity index (χ1v) is 7.93. The molecule has 2 fully saturated rings. The molecule has 2 aliphatic rings. The molecule has 0 unspecified atom stereocenters. The van der Waals surface area contributed by atoms with Crippen LogP contribution in [0, 0.1) is 0 Å². The van der Waals surface area contributed by atoms with Crippen molar-refractivity contribution in [2.24, 2.45) is 0 Å². The number of carbonyl (C=O) groups is 1. The van der Waals surface area contributed by atoms with Gasteiger partial charge in [-0.2, -0.15) is 0 Å². The third kappa shape index (κ3) is 3.14. The lowest BCUT2D eigenvalue weighted by Crippen LogP contribution is -2.46. The molecule has 0 saturated heterocycles. The first kappa shape index (κ1) is 13.5. The SMILES string of the molecule is O=C(NC1CCCCCC1)NC1(c2ccccc2)CC1. The molecule has 0 spiro atoms. The summed E-state index contributed by atoms with van der Waals surface area (Å²) in [6, 6.07) is 10.7. The van der Waals surface area contributed by atoms with E-state index in [0.29, 0.717) is 6.04 Å². The molecule has 3 rings (SSSR count). The smallest absolute Gasteiger partial charge is 0.315 e. The molecule has 108 valence electrons. The lowest BCUT2D eigenvalue weighted by molar-refractivity contribution is 0.230. The van der Waals surface area contributed by atoms with Gasteiger partial charge in [-0.05, 0) is 31.2 Å². The molecule has 1 aromatic carbocycles. The summed E-state index contributed by atoms with van der Waals surface area (Å²) in [5.41, 5.74) is 1.13. The number of benzene rings is 1. The number of hydrogen-bond acceptors (Lipinski definition) is 1. The van der Waals surface area contributed by atoms with Crippen molar-refractivity contribution in [3.63, 3.8) is 0 Å². The number of carbonyl (C=O) groups excluding carboxylic acids is 1. The van der Waals surface area contributed by atoms with Gasteiger partial charge in [-0.15, -0.1) is 0 Å². The van der Waals surface area contributed by atoms with E-state index in [1.807, 2.05) is 18.2 Å². The van der Waals surface area contributed by atoms with Crippen molar-refractivity contribution in [1.82, 2.24) is 10.6 Å². The highest BCUT2D eigenvalue weighted by atomic mass is 16.2. The zero-order valence-electron chi connectivity index (χ0n) is 12.0. The Hall–Kier alpha value is -1.51. The van der Waals surface area contributed by atoms with Crippen molar-refractivity contribution in [2.45, 2.75) is 62.9 Å². The average Bonchev–Trinajstić information content (AvgIpc) is 3.26. The number of amides is 2. The molecular weight excluding hydrogens is 248 g/mol. The molecule has 0 radical (unpaired) electrons. The molecule has 1 aromatic rings. The molecule has 3 nitrogen and oxygen atoms in total. The average molecular weight is 272 g/mol. The third-order valence-corrected chi connectivity index (χ3v) is 4.62. The first-order valence-electron chi connectivity index (χ1n) is 7.93. The van der Waals surface area contributed by atoms with Crippen molar-refractivity contribution >= 4 is 6.03 Å². The van der Waals surface area contributed by atoms with E-state index in [4.69, 9.17) is 0 Å². The molecule has 2 saturated carbocycles. The van der Waals surface area contributed by atoms with Crippen LogP contribution >= 0.6 is 0 Å². The van der Waals surface area contributed by atoms with Crippen molar-refractivity contribution < 1.29 is 4.79 Å². The Balaban J connectivity index is 1.56. The maximum Gasteiger partial charge on any atom is 0.315 e. The van der Waals surface area contributed by atoms with E-state index in [9.17, 15) is 4.79 Å². The van der Waals surface area contributed by atoms with Crippen molar-refractivity contribution in [3.8, 4) is 0 Å². The highest BCUT2D eigenvalue weighted by Gasteiger charge is 2.45. The fourth-order valence-corrected chi connectivity index (χ4v) is 3.23. The molecule has 0 bridgehead atoms. The second-order valence-corrected chi connectivity index (χ2v) is 6.24. The van der Waals surface area contributed by atoms with E-state index >= 15 is 0 Å². The summed E-state index contributed by atoms with van der Waals surface area (Å²) in [6.07, 6.45) is 9.48. The van der Waals surface area contributed by atoms with Crippen LogP contribution in [0.3, 0.4) is 0 Å². The second kappa shape index (κ2) is 5.86. The van der Waals surface area contributed by atoms with Crippen molar-refractivity contribution in [3.05, 3.63) is 35.9 Å². The van der Waals surface area contributed by atoms with E-state index in [0.717, 1.165) is 25.7 Å². The minimum absolute atomic E-state index is 0.0123. The topological polar surface area (TPSA) is 41.1 Å². The lowest BCUT2D eigenvalue weighted by Gasteiger charge is -2.22. The molecule has 2 amide bonds. The summed E-state index contributed by atoms with van der Waals surface area (Å²) in [5.74, 6) is 0. The first-order chi connectivity index (χ1) is 9.78. The Labute approximate surface area is 121 Å². The number of rotatable bonds is 3. The van der Waals surface area contributed by atoms with Gasteiger partial charge in [0.1, 0.15) is 0 Å². The van der Waals surface area contributed by atoms with Crippen LogP contribution in [0.15, 0.2) is 30.3 Å². The highest BCUT2D eigenvalue weighted by molar-refractivity contribution is 5.76. The van der Waals surface area contributed by atoms with Gasteiger partial charge in [-0.3, -0.25) is 0 Å². The fourth-order valence-electron chi connectivity index (χ4n) is 3.23. The van der Waals surface area contributed by atoms with Gasteiger partial charge in [0.15, 0.2) is 0 Å². The molecule has 2 aliphatic carbocycles. The number of urea groups is 1. The van der Waals surface area contributed by atoms with Crippen LogP contribution in [-0.4, -0.2) is 12.1 Å². The van der Waals surface area contributed by atoms with Crippen LogP contribution in [0.5, 0.6) is 0 Å². The largest absolute Gasteiger partial charge is 0.335 e. The van der Waals surface area contributed by atoms with Gasteiger partial charge >= 0.3 is 6.03 Å². The van der Waals surface area contributed by atoms with E-state index in [-0.39, 0.29) is 11.6 Å². The summed E-state index contributed by atoms with van der Waals surface area (Å²) in [5, 5.41) is 6.38. The zero-order valence-corrected chi connectivity index (χ0v) is 12.0. The maximum absolute atomic E-state index is 12.2. The monoisotopic (exact) mass is 272 g/mol. The Morgan fingerprint density at radius 2 is 1.65 bits per heavy atom. The number of nitrogens with one attached hydrogen (secondary N) is 2. The van der Waals surface area contributed by atoms with E-state index in [1.165, 1.54) is 31.2 Å². The minimum atomic E-state index is -0.101. The Morgan fingerprint density at radius 1 is 1.00 bits per heavy atom. The second-order valence-electron chi connectivity index (χ2n) is 6.24. The van der Waals surface area contributed by atoms with E-state index < -0.39 is 0 Å². The van der Waals surface area contributed by atoms with Crippen LogP contribution in [0.2, 0.25) is 0 Å². The minimum Gasteiger partial charge on any atom is -0.335 e. The summed E-state index contributed by atoms with van der Waals surface area (Å²) in [6.45, 7) is 0. The van der Waals surface area contributed by atoms with E-state index in [2.05, 4.69) is 22.8 Å². The molecule has 2 N–H and O–H groups in total. The Morgan fingerprint density at radius 3 is 2.25 bits per heavy atom. The lowest BCUT2D eigenvalue weighted by atomic mass is 10.1. The maximum atomic E-state index is 12.2. The standard InChI is InChI=1S/C17H24N2O/c20-16(18-15-10-6-1-2-7-11-15)19-17(12-13-17)14-8-4-3-5-9-14/h3-5,8-9,15H,1-2,6-7,10-13H2,(H2,18,19,20). The van der Waals surface area contributed by atoms with E-state index in [1.54, 1.807) is 0 Å². The Kier molecular flexibility index (Phi) is 3.95. The van der Waals surface area contributed by atoms with Crippen LogP contribution in [0.1, 0.15) is 56.9 Å². The molecule has 0 heterocycles. The third-order valence-electron chi connectivity index (χ3n) is 4.62. The van der Waals surface area contributed by atoms with Gasteiger partial charge in [0, 0.05) is 6.04 Å². The molecule has 3 heteroatoms. The van der Waals surface area contributed by atoms with Crippen LogP contribution in [0.4, 0.5) is 4.79 Å². The normalized spacial score (nSPS) is 21.8. The van der Waals surface area contributed by atoms with Crippen molar-refractivity contribution in [2.75, 3.05) is 0 Å².